The first-order chi connectivity index (χ1) is 2.83. The van der Waals surface area contributed by atoms with Gasteiger partial charge in [0.25, 0.3) is 0 Å². The summed E-state index contributed by atoms with van der Waals surface area (Å²) in [4.78, 5) is 16.5. The molecule has 176 valence electrons. The summed E-state index contributed by atoms with van der Waals surface area (Å²) in [5.41, 5.74) is 0. The van der Waals surface area contributed by atoms with Gasteiger partial charge in [0.15, 0.2) is 0 Å². The van der Waals surface area contributed by atoms with Crippen molar-refractivity contribution in [3.8, 4) is 0 Å². The second-order valence-electron chi connectivity index (χ2n) is 0.183. The minimum absolute atomic E-state index is 0. The lowest BCUT2D eigenvalue weighted by molar-refractivity contribution is 0.568. The zero-order chi connectivity index (χ0) is 5.41. The van der Waals surface area contributed by atoms with Gasteiger partial charge in [0.05, 0.1) is 0 Å². The van der Waals surface area contributed by atoms with E-state index < -0.39 is 0 Å². The van der Waals surface area contributed by atoms with Crippen molar-refractivity contribution in [3.05, 3.63) is 10.8 Å². The minimum Gasteiger partial charge on any atom is -0.724 e. The minimum atomic E-state index is 0. The SMILES string of the molecule is C.C.C.C.C.C.C.C.C.C.C.C.C.C.C.C.C.C.[N-]=C=O.[N-]=C=O. The molecule has 0 fully saturated rings. The number of hydrogen-bond acceptors (Lipinski definition) is 2. The highest BCUT2D eigenvalue weighted by molar-refractivity contribution is 5.37. The number of nitrogens with zero attached hydrogens (tertiary/aromatic N) is 2. The van der Waals surface area contributed by atoms with Gasteiger partial charge in [-0.15, -0.1) is 0 Å². The Morgan fingerprint density at radius 3 is 0.292 bits per heavy atom. The molecule has 0 saturated carbocycles. The summed E-state index contributed by atoms with van der Waals surface area (Å²) >= 11 is 0. The average Bonchev–Trinajstić information content (AvgIpc) is 1.39. The highest BCUT2D eigenvalue weighted by atomic mass is 16.1. The van der Waals surface area contributed by atoms with Crippen LogP contribution in [0, 0.1) is 0 Å². The topological polar surface area (TPSA) is 78.7 Å². The van der Waals surface area contributed by atoms with Gasteiger partial charge in [-0.25, -0.2) is 0 Å². The van der Waals surface area contributed by atoms with Gasteiger partial charge in [0, 0.05) is 0 Å². The number of rotatable bonds is 0. The van der Waals surface area contributed by atoms with Gasteiger partial charge < -0.3 is 10.8 Å². The Morgan fingerprint density at radius 1 is 0.292 bits per heavy atom. The Kier molecular flexibility index (Phi) is 957000. The van der Waals surface area contributed by atoms with Crippen molar-refractivity contribution in [2.45, 2.75) is 134 Å². The molecule has 4 nitrogen and oxygen atoms in total. The van der Waals surface area contributed by atoms with Crippen molar-refractivity contribution in [3.63, 3.8) is 0 Å². The molecule has 0 aromatic heterocycles. The van der Waals surface area contributed by atoms with Crippen LogP contribution in [0.5, 0.6) is 0 Å². The number of carbonyl (C=O) groups excluding carboxylic acids is 2. The fourth-order valence-electron chi connectivity index (χ4n) is 0. The fourth-order valence-corrected chi connectivity index (χ4v) is 0. The lowest BCUT2D eigenvalue weighted by Gasteiger charge is -1.32. The van der Waals surface area contributed by atoms with Crippen LogP contribution in [0.2, 0.25) is 0 Å². The molecule has 0 amide bonds. The van der Waals surface area contributed by atoms with Gasteiger partial charge >= 0.3 is 0 Å². The first kappa shape index (κ1) is 1410. The predicted octanol–water partition coefficient (Wildman–Crippen LogP) is 11.2. The van der Waals surface area contributed by atoms with E-state index in [4.69, 9.17) is 20.4 Å². The van der Waals surface area contributed by atoms with E-state index in [-0.39, 0.29) is 134 Å². The first-order valence-electron chi connectivity index (χ1n) is 0.855. The maximum Gasteiger partial charge on any atom is -0.0159 e. The molecular weight excluding hydrogens is 300 g/mol. The van der Waals surface area contributed by atoms with Crippen molar-refractivity contribution >= 4 is 12.2 Å². The van der Waals surface area contributed by atoms with Gasteiger partial charge in [-0.3, -0.25) is 9.59 Å². The van der Waals surface area contributed by atoms with Crippen LogP contribution in [-0.2, 0) is 9.59 Å². The fraction of sp³-hybridized carbons (Fsp3) is 0.900. The summed E-state index contributed by atoms with van der Waals surface area (Å²) in [5, 5.41) is 13.5. The summed E-state index contributed by atoms with van der Waals surface area (Å²) in [6, 6.07) is 0. The first-order valence-corrected chi connectivity index (χ1v) is 0.855. The monoisotopic (exact) mass is 373 g/mol. The quantitative estimate of drug-likeness (QED) is 0.313. The maximum atomic E-state index is 8.24. The second-order valence-corrected chi connectivity index (χ2v) is 0.183. The van der Waals surface area contributed by atoms with Crippen LogP contribution in [0.15, 0.2) is 0 Å². The summed E-state index contributed by atoms with van der Waals surface area (Å²) in [7, 11) is 0. The van der Waals surface area contributed by atoms with Crippen LogP contribution in [0.4, 0.5) is 0 Å². The Morgan fingerprint density at radius 2 is 0.292 bits per heavy atom. The lowest BCUT2D eigenvalue weighted by atomic mass is 11.7. The van der Waals surface area contributed by atoms with Gasteiger partial charge in [-0.2, -0.15) is 0 Å². The van der Waals surface area contributed by atoms with E-state index in [2.05, 4.69) is 0 Å². The molecule has 0 unspecified atom stereocenters. The van der Waals surface area contributed by atoms with E-state index in [0.29, 0.717) is 12.2 Å². The lowest BCUT2D eigenvalue weighted by Crippen LogP contribution is -1.13. The summed E-state index contributed by atoms with van der Waals surface area (Å²) in [5.74, 6) is 0. The molecule has 0 aliphatic carbocycles. The van der Waals surface area contributed by atoms with Crippen molar-refractivity contribution in [1.29, 1.82) is 0 Å². The molecule has 0 rings (SSSR count). The van der Waals surface area contributed by atoms with Gasteiger partial charge in [-0.05, 0) is 12.2 Å². The molecule has 0 N–H and O–H groups in total. The Bertz CT molecular complexity index is 73.6. The Labute approximate surface area is 166 Å². The maximum absolute atomic E-state index is 8.24. The van der Waals surface area contributed by atoms with Crippen LogP contribution in [0.3, 0.4) is 0 Å². The van der Waals surface area contributed by atoms with Gasteiger partial charge in [0.1, 0.15) is 0 Å². The van der Waals surface area contributed by atoms with Crippen LogP contribution in [-0.4, -0.2) is 12.2 Å². The van der Waals surface area contributed by atoms with E-state index in [1.165, 1.54) is 0 Å². The molecule has 0 bridgehead atoms. The van der Waals surface area contributed by atoms with Crippen LogP contribution in [0.1, 0.15) is 134 Å². The molecule has 0 aliphatic heterocycles. The third-order valence-electron chi connectivity index (χ3n) is 0. The van der Waals surface area contributed by atoms with Crippen molar-refractivity contribution in [1.82, 2.24) is 0 Å². The summed E-state index contributed by atoms with van der Waals surface area (Å²) in [6.45, 7) is 0. The molecule has 0 atom stereocenters. The molecule has 0 radical (unpaired) electrons. The third-order valence-corrected chi connectivity index (χ3v) is 0. The van der Waals surface area contributed by atoms with Crippen LogP contribution >= 0.6 is 0 Å². The highest BCUT2D eigenvalue weighted by Crippen LogP contribution is 0.952. The van der Waals surface area contributed by atoms with Crippen LogP contribution < -0.4 is 0 Å². The molecule has 0 saturated heterocycles. The van der Waals surface area contributed by atoms with Gasteiger partial charge in [-0.1, -0.05) is 134 Å². The third kappa shape index (κ3) is 5270. The van der Waals surface area contributed by atoms with Crippen LogP contribution in [0.25, 0.3) is 10.8 Å². The molecular formula is C20H72N2O2-2. The molecule has 0 heterocycles. The van der Waals surface area contributed by atoms with E-state index >= 15 is 0 Å². The molecule has 0 aliphatic rings. The molecule has 0 spiro atoms. The molecule has 0 aromatic carbocycles. The molecule has 4 heteroatoms. The van der Waals surface area contributed by atoms with E-state index in [0.717, 1.165) is 0 Å². The Hall–Kier alpha value is -1.24. The van der Waals surface area contributed by atoms with Crippen molar-refractivity contribution < 1.29 is 9.59 Å². The second kappa shape index (κ2) is 16200. The highest BCUT2D eigenvalue weighted by Gasteiger charge is 0.794. The summed E-state index contributed by atoms with van der Waals surface area (Å²) in [6.07, 6.45) is 1.00. The normalized spacial score (nSPS) is 0.667. The van der Waals surface area contributed by atoms with Crippen molar-refractivity contribution in [2.24, 2.45) is 0 Å². The average molecular weight is 373 g/mol. The van der Waals surface area contributed by atoms with Gasteiger partial charge in [0.2, 0.25) is 0 Å². The largest absolute Gasteiger partial charge is 0.724 e. The van der Waals surface area contributed by atoms with E-state index in [1.807, 2.05) is 0 Å². The Balaban J connectivity index is -0.000000000423. The zero-order valence-corrected chi connectivity index (χ0v) is 2.71. The van der Waals surface area contributed by atoms with E-state index in [9.17, 15) is 0 Å². The number of hydrogen-bond donors (Lipinski definition) is 0. The zero-order valence-electron chi connectivity index (χ0n) is 2.71. The number of isocyanates is 2. The van der Waals surface area contributed by atoms with E-state index in [1.54, 1.807) is 0 Å². The summed E-state index contributed by atoms with van der Waals surface area (Å²) < 4.78 is 0. The molecule has 0 aromatic rings. The predicted molar refractivity (Wildman–Crippen MR) is 139 cm³/mol. The smallest absolute Gasteiger partial charge is 0.0159 e. The molecule has 24 heavy (non-hydrogen) atoms. The standard InChI is InChI=1S/2CNO.18CH4/c2*2-1-3;;;;;;;;;;;;;;;;;;/h;;18*1H4/q2*-1;;;;;;;;;;;;;;;;;;. The van der Waals surface area contributed by atoms with Crippen molar-refractivity contribution in [2.75, 3.05) is 0 Å².